The summed E-state index contributed by atoms with van der Waals surface area (Å²) in [7, 11) is 0. The highest BCUT2D eigenvalue weighted by Gasteiger charge is 2.13. The lowest BCUT2D eigenvalue weighted by Crippen LogP contribution is -2.02. The molecular formula is C17H16N8S. The molecule has 0 saturated heterocycles. The highest BCUT2D eigenvalue weighted by molar-refractivity contribution is 7.19. The summed E-state index contributed by atoms with van der Waals surface area (Å²) < 4.78 is 4.94. The van der Waals surface area contributed by atoms with Gasteiger partial charge in [-0.2, -0.15) is 5.10 Å². The molecule has 0 fully saturated rings. The van der Waals surface area contributed by atoms with Crippen LogP contribution in [0.3, 0.4) is 0 Å². The molecule has 0 unspecified atom stereocenters. The molecule has 1 N–H and O–H groups in total. The molecule has 0 amide bonds. The molecule has 5 heterocycles. The van der Waals surface area contributed by atoms with Crippen molar-refractivity contribution in [1.29, 1.82) is 0 Å². The van der Waals surface area contributed by atoms with Crippen molar-refractivity contribution in [1.82, 2.24) is 39.7 Å². The molecule has 0 radical (unpaired) electrons. The first-order valence-corrected chi connectivity index (χ1v) is 9.15. The van der Waals surface area contributed by atoms with Crippen LogP contribution in [0, 0.1) is 0 Å². The van der Waals surface area contributed by atoms with Gasteiger partial charge in [0.15, 0.2) is 5.65 Å². The third-order valence-corrected chi connectivity index (χ3v) is 5.33. The highest BCUT2D eigenvalue weighted by Crippen LogP contribution is 2.26. The fourth-order valence-electron chi connectivity index (χ4n) is 2.88. The van der Waals surface area contributed by atoms with E-state index in [1.807, 2.05) is 23.3 Å². The number of hydrogen-bond acceptors (Lipinski definition) is 6. The van der Waals surface area contributed by atoms with Gasteiger partial charge in [-0.15, -0.1) is 16.4 Å². The molecule has 8 nitrogen and oxygen atoms in total. The standard InChI is InChI=1S/C17H16N8S/c1-10(2)24-8-11(6-20-24)14-7-19-16-17(21-14)25(23-22-16)9-12-5-13-15(26-12)3-4-18-13/h3-8,10,18H,9H2,1-2H3. The minimum Gasteiger partial charge on any atom is -0.360 e. The van der Waals surface area contributed by atoms with Crippen molar-refractivity contribution in [3.05, 3.63) is 41.8 Å². The predicted octanol–water partition coefficient (Wildman–Crippen LogP) is 3.26. The molecule has 0 aliphatic rings. The molecule has 0 aliphatic heterocycles. The summed E-state index contributed by atoms with van der Waals surface area (Å²) in [5.41, 5.74) is 4.07. The largest absolute Gasteiger partial charge is 0.360 e. The Morgan fingerprint density at radius 2 is 2.19 bits per heavy atom. The van der Waals surface area contributed by atoms with Crippen LogP contribution in [0.5, 0.6) is 0 Å². The van der Waals surface area contributed by atoms with Crippen LogP contribution in [0.15, 0.2) is 36.9 Å². The number of fused-ring (bicyclic) bond motifs is 2. The number of nitrogens with zero attached hydrogens (tertiary/aromatic N) is 7. The van der Waals surface area contributed by atoms with Crippen LogP contribution in [0.4, 0.5) is 0 Å². The van der Waals surface area contributed by atoms with Crippen LogP contribution < -0.4 is 0 Å². The zero-order chi connectivity index (χ0) is 17.7. The lowest BCUT2D eigenvalue weighted by molar-refractivity contribution is 0.532. The van der Waals surface area contributed by atoms with Crippen LogP contribution in [-0.2, 0) is 6.54 Å². The summed E-state index contributed by atoms with van der Waals surface area (Å²) in [6, 6.07) is 4.51. The van der Waals surface area contributed by atoms with Crippen molar-refractivity contribution in [2.45, 2.75) is 26.4 Å². The number of nitrogens with one attached hydrogen (secondary N) is 1. The molecular weight excluding hydrogens is 348 g/mol. The van der Waals surface area contributed by atoms with E-state index in [0.717, 1.165) is 16.8 Å². The van der Waals surface area contributed by atoms with Gasteiger partial charge in [0.25, 0.3) is 0 Å². The SMILES string of the molecule is CC(C)n1cc(-c2cnc3nnn(Cc4cc5[nH]ccc5s4)c3n2)cn1. The minimum atomic E-state index is 0.302. The Hall–Kier alpha value is -3.07. The van der Waals surface area contributed by atoms with Gasteiger partial charge >= 0.3 is 0 Å². The number of rotatable bonds is 4. The topological polar surface area (TPSA) is 90.1 Å². The Kier molecular flexibility index (Phi) is 3.35. The second-order valence-electron chi connectivity index (χ2n) is 6.42. The fraction of sp³-hybridized carbons (Fsp3) is 0.235. The Morgan fingerprint density at radius 1 is 1.27 bits per heavy atom. The summed E-state index contributed by atoms with van der Waals surface area (Å²) in [6.07, 6.45) is 7.46. The van der Waals surface area contributed by atoms with E-state index in [2.05, 4.69) is 51.4 Å². The molecule has 130 valence electrons. The average molecular weight is 364 g/mol. The number of aromatic amines is 1. The first-order chi connectivity index (χ1) is 12.7. The minimum absolute atomic E-state index is 0.302. The summed E-state index contributed by atoms with van der Waals surface area (Å²) in [5, 5.41) is 12.7. The Balaban J connectivity index is 1.52. The summed E-state index contributed by atoms with van der Waals surface area (Å²) in [6.45, 7) is 4.80. The number of hydrogen-bond donors (Lipinski definition) is 1. The Bertz CT molecular complexity index is 1180. The Morgan fingerprint density at radius 3 is 3.00 bits per heavy atom. The third-order valence-electron chi connectivity index (χ3n) is 4.24. The van der Waals surface area contributed by atoms with Gasteiger partial charge in [0.2, 0.25) is 5.65 Å². The van der Waals surface area contributed by atoms with Gasteiger partial charge in [-0.05, 0) is 26.0 Å². The average Bonchev–Trinajstić information content (AvgIpc) is 3.38. The van der Waals surface area contributed by atoms with Gasteiger partial charge in [-0.25, -0.2) is 14.6 Å². The first kappa shape index (κ1) is 15.2. The normalized spacial score (nSPS) is 12.0. The van der Waals surface area contributed by atoms with Gasteiger partial charge in [-0.1, -0.05) is 5.21 Å². The van der Waals surface area contributed by atoms with Gasteiger partial charge in [-0.3, -0.25) is 4.68 Å². The zero-order valence-electron chi connectivity index (χ0n) is 14.3. The van der Waals surface area contributed by atoms with Crippen molar-refractivity contribution in [3.63, 3.8) is 0 Å². The zero-order valence-corrected chi connectivity index (χ0v) is 15.1. The lowest BCUT2D eigenvalue weighted by Gasteiger charge is -2.03. The van der Waals surface area contributed by atoms with Gasteiger partial charge in [0.05, 0.1) is 34.8 Å². The molecule has 0 spiro atoms. The molecule has 5 rings (SSSR count). The second kappa shape index (κ2) is 5.73. The van der Waals surface area contributed by atoms with Crippen LogP contribution in [0.2, 0.25) is 0 Å². The van der Waals surface area contributed by atoms with E-state index in [0.29, 0.717) is 23.9 Å². The quantitative estimate of drug-likeness (QED) is 0.529. The summed E-state index contributed by atoms with van der Waals surface area (Å²) in [5.74, 6) is 0. The fourth-order valence-corrected chi connectivity index (χ4v) is 3.89. The highest BCUT2D eigenvalue weighted by atomic mass is 32.1. The number of H-pyrrole nitrogens is 1. The maximum Gasteiger partial charge on any atom is 0.221 e. The van der Waals surface area contributed by atoms with Crippen LogP contribution >= 0.6 is 11.3 Å². The van der Waals surface area contributed by atoms with Crippen LogP contribution in [0.1, 0.15) is 24.8 Å². The van der Waals surface area contributed by atoms with E-state index in [9.17, 15) is 0 Å². The first-order valence-electron chi connectivity index (χ1n) is 8.34. The summed E-state index contributed by atoms with van der Waals surface area (Å²) >= 11 is 1.74. The smallest absolute Gasteiger partial charge is 0.221 e. The second-order valence-corrected chi connectivity index (χ2v) is 7.59. The monoisotopic (exact) mass is 364 g/mol. The van der Waals surface area contributed by atoms with E-state index < -0.39 is 0 Å². The van der Waals surface area contributed by atoms with E-state index in [4.69, 9.17) is 4.98 Å². The molecule has 0 aromatic carbocycles. The molecule has 0 bridgehead atoms. The molecule has 26 heavy (non-hydrogen) atoms. The van der Waals surface area contributed by atoms with Crippen LogP contribution in [-0.4, -0.2) is 39.7 Å². The molecule has 9 heteroatoms. The maximum atomic E-state index is 4.73. The van der Waals surface area contributed by atoms with Crippen molar-refractivity contribution < 1.29 is 0 Å². The van der Waals surface area contributed by atoms with Crippen molar-refractivity contribution in [2.75, 3.05) is 0 Å². The van der Waals surface area contributed by atoms with E-state index in [-0.39, 0.29) is 0 Å². The number of thiophene rings is 1. The molecule has 0 saturated carbocycles. The third kappa shape index (κ3) is 2.48. The molecule has 0 aliphatic carbocycles. The number of aromatic nitrogens is 8. The Labute approximate surface area is 152 Å². The predicted molar refractivity (Wildman–Crippen MR) is 100 cm³/mol. The molecule has 5 aromatic heterocycles. The van der Waals surface area contributed by atoms with E-state index in [1.165, 1.54) is 9.58 Å². The van der Waals surface area contributed by atoms with E-state index in [1.54, 1.807) is 22.2 Å². The van der Waals surface area contributed by atoms with Crippen molar-refractivity contribution in [3.8, 4) is 11.3 Å². The lowest BCUT2D eigenvalue weighted by atomic mass is 10.2. The van der Waals surface area contributed by atoms with Crippen molar-refractivity contribution >= 4 is 32.8 Å². The van der Waals surface area contributed by atoms with Gasteiger partial charge < -0.3 is 4.98 Å². The van der Waals surface area contributed by atoms with Crippen molar-refractivity contribution in [2.24, 2.45) is 0 Å². The van der Waals surface area contributed by atoms with Gasteiger partial charge in [0.1, 0.15) is 0 Å². The molecule has 0 atom stereocenters. The molecule has 5 aromatic rings. The van der Waals surface area contributed by atoms with E-state index >= 15 is 0 Å². The van der Waals surface area contributed by atoms with Crippen LogP contribution in [0.25, 0.3) is 32.8 Å². The maximum absolute atomic E-state index is 4.73. The summed E-state index contributed by atoms with van der Waals surface area (Å²) in [4.78, 5) is 13.6. The van der Waals surface area contributed by atoms with Gasteiger partial charge in [0, 0.05) is 28.9 Å².